The molecule has 0 aromatic carbocycles. The van der Waals surface area contributed by atoms with Gasteiger partial charge < -0.3 is 5.11 Å². The highest BCUT2D eigenvalue weighted by Gasteiger charge is 2.13. The number of aliphatic carboxylic acids is 1. The molecule has 0 bridgehead atoms. The molecule has 0 fully saturated rings. The second-order valence-corrected chi connectivity index (χ2v) is 5.08. The van der Waals surface area contributed by atoms with Gasteiger partial charge in [0.15, 0.2) is 0 Å². The fourth-order valence-corrected chi connectivity index (χ4v) is 1.72. The molecule has 0 saturated carbocycles. The number of hydrogen-bond acceptors (Lipinski definition) is 2. The molecule has 0 aromatic heterocycles. The van der Waals surface area contributed by atoms with Crippen LogP contribution in [0, 0.1) is 5.92 Å². The Hall–Kier alpha value is -1.61. The van der Waals surface area contributed by atoms with Gasteiger partial charge in [0.2, 0.25) is 0 Å². The van der Waals surface area contributed by atoms with E-state index in [0.29, 0.717) is 10.7 Å². The lowest BCUT2D eigenvalue weighted by atomic mass is 10.0. The zero-order valence-electron chi connectivity index (χ0n) is 12.7. The Balaban J connectivity index is 5.75. The highest BCUT2D eigenvalue weighted by molar-refractivity contribution is 6.31. The molecule has 110 valence electrons. The van der Waals surface area contributed by atoms with E-state index < -0.39 is 5.97 Å². The van der Waals surface area contributed by atoms with Gasteiger partial charge in [0, 0.05) is 10.7 Å². The van der Waals surface area contributed by atoms with Gasteiger partial charge in [-0.2, -0.15) is 0 Å². The first-order chi connectivity index (χ1) is 9.24. The molecule has 0 aliphatic rings. The molecule has 0 aromatic rings. The van der Waals surface area contributed by atoms with Crippen molar-refractivity contribution >= 4 is 23.3 Å². The molecule has 0 amide bonds. The topological polar surface area (TPSA) is 49.7 Å². The van der Waals surface area contributed by atoms with Crippen LogP contribution in [0.4, 0.5) is 0 Å². The summed E-state index contributed by atoms with van der Waals surface area (Å²) in [7, 11) is 0. The minimum absolute atomic E-state index is 0.0259. The van der Waals surface area contributed by atoms with Crippen LogP contribution < -0.4 is 0 Å². The van der Waals surface area contributed by atoms with Crippen LogP contribution in [-0.4, -0.2) is 16.8 Å². The molecule has 0 radical (unpaired) electrons. The molecule has 20 heavy (non-hydrogen) atoms. The first kappa shape index (κ1) is 18.4. The van der Waals surface area contributed by atoms with E-state index in [9.17, 15) is 4.79 Å². The van der Waals surface area contributed by atoms with Crippen molar-refractivity contribution in [2.75, 3.05) is 0 Å². The maximum absolute atomic E-state index is 11.1. The number of carboxylic acid groups (broad SMARTS) is 1. The summed E-state index contributed by atoms with van der Waals surface area (Å²) in [6, 6.07) is 0. The molecule has 1 N–H and O–H groups in total. The molecule has 0 spiro atoms. The van der Waals surface area contributed by atoms with Crippen LogP contribution in [0.3, 0.4) is 0 Å². The van der Waals surface area contributed by atoms with Crippen molar-refractivity contribution in [1.82, 2.24) is 0 Å². The standard InChI is InChI=1S/C16H22ClNO2/c1-7-13(9-14(17)8-2)12(6)18-15(10(3)4)11(5)16(19)20/h7-10H,2H2,1,3-6H3,(H,19,20)/b13-7+,14-9+,15-11+,18-12+. The van der Waals surface area contributed by atoms with Crippen molar-refractivity contribution < 1.29 is 9.90 Å². The number of carbonyl (C=O) groups is 1. The largest absolute Gasteiger partial charge is 0.478 e. The minimum atomic E-state index is -0.952. The summed E-state index contributed by atoms with van der Waals surface area (Å²) in [6.45, 7) is 12.7. The summed E-state index contributed by atoms with van der Waals surface area (Å²) < 4.78 is 0. The number of hydrogen-bond donors (Lipinski definition) is 1. The van der Waals surface area contributed by atoms with Crippen LogP contribution in [0.1, 0.15) is 34.6 Å². The van der Waals surface area contributed by atoms with Crippen LogP contribution in [0.15, 0.2) is 51.7 Å². The lowest BCUT2D eigenvalue weighted by Crippen LogP contribution is -2.07. The second kappa shape index (κ2) is 8.54. The molecule has 0 aliphatic carbocycles. The summed E-state index contributed by atoms with van der Waals surface area (Å²) in [6.07, 6.45) is 5.17. The number of halogens is 1. The Morgan fingerprint density at radius 1 is 1.35 bits per heavy atom. The third-order valence-corrected chi connectivity index (χ3v) is 3.02. The number of aliphatic imine (C=N–C) groups is 1. The molecule has 0 rings (SSSR count). The average molecular weight is 296 g/mol. The third kappa shape index (κ3) is 5.57. The van der Waals surface area contributed by atoms with Crippen LogP contribution in [0.25, 0.3) is 0 Å². The Bertz CT molecular complexity index is 509. The summed E-state index contributed by atoms with van der Waals surface area (Å²) in [5, 5.41) is 9.62. The van der Waals surface area contributed by atoms with Gasteiger partial charge in [-0.1, -0.05) is 44.2 Å². The normalized spacial score (nSPS) is 15.2. The van der Waals surface area contributed by atoms with E-state index in [2.05, 4.69) is 11.6 Å². The molecule has 3 nitrogen and oxygen atoms in total. The van der Waals surface area contributed by atoms with E-state index in [0.717, 1.165) is 11.3 Å². The minimum Gasteiger partial charge on any atom is -0.478 e. The van der Waals surface area contributed by atoms with Gasteiger partial charge in [-0.3, -0.25) is 4.99 Å². The fraction of sp³-hybridized carbons (Fsp3) is 0.375. The number of nitrogens with zero attached hydrogens (tertiary/aromatic N) is 1. The van der Waals surface area contributed by atoms with Crippen molar-refractivity contribution in [3.63, 3.8) is 0 Å². The van der Waals surface area contributed by atoms with Crippen molar-refractivity contribution in [2.45, 2.75) is 34.6 Å². The highest BCUT2D eigenvalue weighted by atomic mass is 35.5. The van der Waals surface area contributed by atoms with E-state index in [4.69, 9.17) is 16.7 Å². The Morgan fingerprint density at radius 3 is 2.25 bits per heavy atom. The van der Waals surface area contributed by atoms with Crippen molar-refractivity contribution in [2.24, 2.45) is 10.9 Å². The predicted molar refractivity (Wildman–Crippen MR) is 86.2 cm³/mol. The molecular formula is C16H22ClNO2. The molecule has 0 heterocycles. The first-order valence-corrected chi connectivity index (χ1v) is 6.78. The van der Waals surface area contributed by atoms with Gasteiger partial charge in [-0.15, -0.1) is 0 Å². The van der Waals surface area contributed by atoms with Crippen molar-refractivity contribution in [3.05, 3.63) is 46.7 Å². The van der Waals surface area contributed by atoms with Crippen LogP contribution in [-0.2, 0) is 4.79 Å². The van der Waals surface area contributed by atoms with Gasteiger partial charge in [-0.25, -0.2) is 4.79 Å². The molecular weight excluding hydrogens is 274 g/mol. The van der Waals surface area contributed by atoms with E-state index >= 15 is 0 Å². The van der Waals surface area contributed by atoms with E-state index in [1.54, 1.807) is 19.1 Å². The Kier molecular flexibility index (Phi) is 7.85. The van der Waals surface area contributed by atoms with Crippen molar-refractivity contribution in [3.8, 4) is 0 Å². The zero-order valence-corrected chi connectivity index (χ0v) is 13.5. The van der Waals surface area contributed by atoms with E-state index in [1.165, 1.54) is 0 Å². The maximum Gasteiger partial charge on any atom is 0.333 e. The summed E-state index contributed by atoms with van der Waals surface area (Å²) in [5.41, 5.74) is 2.38. The third-order valence-electron chi connectivity index (χ3n) is 2.76. The molecule has 0 atom stereocenters. The van der Waals surface area contributed by atoms with Gasteiger partial charge in [0.05, 0.1) is 11.3 Å². The predicted octanol–water partition coefficient (Wildman–Crippen LogP) is 4.72. The summed E-state index contributed by atoms with van der Waals surface area (Å²) >= 11 is 5.94. The average Bonchev–Trinajstić information content (AvgIpc) is 2.39. The Labute approximate surface area is 126 Å². The monoisotopic (exact) mass is 295 g/mol. The van der Waals surface area contributed by atoms with Gasteiger partial charge in [0.1, 0.15) is 0 Å². The van der Waals surface area contributed by atoms with Crippen LogP contribution in [0.5, 0.6) is 0 Å². The first-order valence-electron chi connectivity index (χ1n) is 6.40. The lowest BCUT2D eigenvalue weighted by molar-refractivity contribution is -0.132. The molecule has 0 saturated heterocycles. The quantitative estimate of drug-likeness (QED) is 0.438. The number of allylic oxidation sites excluding steroid dienone is 6. The molecule has 4 heteroatoms. The smallest absolute Gasteiger partial charge is 0.333 e. The maximum atomic E-state index is 11.1. The number of carboxylic acids is 1. The molecule has 0 unspecified atom stereocenters. The van der Waals surface area contributed by atoms with E-state index in [-0.39, 0.29) is 11.5 Å². The molecule has 0 aliphatic heterocycles. The lowest BCUT2D eigenvalue weighted by Gasteiger charge is -2.11. The van der Waals surface area contributed by atoms with Crippen molar-refractivity contribution in [1.29, 1.82) is 0 Å². The van der Waals surface area contributed by atoms with Crippen LogP contribution >= 0.6 is 11.6 Å². The zero-order chi connectivity index (χ0) is 15.9. The van der Waals surface area contributed by atoms with Gasteiger partial charge in [-0.05, 0) is 38.3 Å². The van der Waals surface area contributed by atoms with Gasteiger partial charge in [0.25, 0.3) is 0 Å². The van der Waals surface area contributed by atoms with E-state index in [1.807, 2.05) is 33.8 Å². The second-order valence-electron chi connectivity index (χ2n) is 4.64. The van der Waals surface area contributed by atoms with Gasteiger partial charge >= 0.3 is 5.97 Å². The SMILES string of the molecule is C=C\C(Cl)=C/C(=C\C)C(/C)=N/C(=C(\C)C(=O)O)C(C)C. The van der Waals surface area contributed by atoms with Crippen LogP contribution in [0.2, 0.25) is 0 Å². The highest BCUT2D eigenvalue weighted by Crippen LogP contribution is 2.19. The summed E-state index contributed by atoms with van der Waals surface area (Å²) in [5.74, 6) is -0.926. The Morgan fingerprint density at radius 2 is 1.90 bits per heavy atom. The fourth-order valence-electron chi connectivity index (χ4n) is 1.60. The number of rotatable bonds is 6. The summed E-state index contributed by atoms with van der Waals surface area (Å²) in [4.78, 5) is 15.6.